The molecule has 0 aliphatic carbocycles. The number of amides is 2. The Bertz CT molecular complexity index is 1330. The average molecular weight is 492 g/mol. The molecule has 9 heteroatoms. The highest BCUT2D eigenvalue weighted by Crippen LogP contribution is 2.44. The van der Waals surface area contributed by atoms with Gasteiger partial charge in [-0.25, -0.2) is 4.39 Å². The van der Waals surface area contributed by atoms with Crippen LogP contribution in [-0.2, 0) is 19.1 Å². The SMILES string of the molecule is COC(=O)C1CN(C(=O)c2ccc(C3=C/C(=C4\C(=O)Nc5cc(F)ccc54)OC3(C)C)cc2)CCN1. The molecular weight excluding hydrogens is 465 g/mol. The first-order chi connectivity index (χ1) is 17.2. The third kappa shape index (κ3) is 4.15. The van der Waals surface area contributed by atoms with E-state index < -0.39 is 23.4 Å². The van der Waals surface area contributed by atoms with Gasteiger partial charge in [0.2, 0.25) is 0 Å². The van der Waals surface area contributed by atoms with Gasteiger partial charge in [0.15, 0.2) is 0 Å². The zero-order valence-corrected chi connectivity index (χ0v) is 20.2. The number of carbonyl (C=O) groups is 3. The first-order valence-electron chi connectivity index (χ1n) is 11.7. The van der Waals surface area contributed by atoms with Crippen LogP contribution in [0.25, 0.3) is 11.1 Å². The summed E-state index contributed by atoms with van der Waals surface area (Å²) in [4.78, 5) is 39.2. The summed E-state index contributed by atoms with van der Waals surface area (Å²) in [6.45, 7) is 5.03. The average Bonchev–Trinajstić information content (AvgIpc) is 3.36. The molecule has 0 bridgehead atoms. The molecule has 0 radical (unpaired) electrons. The number of fused-ring (bicyclic) bond motifs is 1. The molecular formula is C27H26FN3O5. The van der Waals surface area contributed by atoms with Crippen molar-refractivity contribution >= 4 is 34.6 Å². The molecule has 8 nitrogen and oxygen atoms in total. The Morgan fingerprint density at radius 1 is 1.17 bits per heavy atom. The molecule has 3 aliphatic rings. The quantitative estimate of drug-likeness (QED) is 0.506. The molecule has 3 heterocycles. The van der Waals surface area contributed by atoms with Gasteiger partial charge in [-0.3, -0.25) is 14.4 Å². The number of methoxy groups -OCH3 is 1. The molecule has 2 aromatic rings. The van der Waals surface area contributed by atoms with Gasteiger partial charge in [0.1, 0.15) is 23.2 Å². The summed E-state index contributed by atoms with van der Waals surface area (Å²) in [5.74, 6) is -0.928. The highest BCUT2D eigenvalue weighted by atomic mass is 19.1. The van der Waals surface area contributed by atoms with E-state index in [1.54, 1.807) is 23.1 Å². The number of rotatable bonds is 3. The smallest absolute Gasteiger partial charge is 0.324 e. The predicted octanol–water partition coefficient (Wildman–Crippen LogP) is 2.97. The highest BCUT2D eigenvalue weighted by Gasteiger charge is 2.38. The second-order valence-corrected chi connectivity index (χ2v) is 9.41. The monoisotopic (exact) mass is 491 g/mol. The molecule has 1 fully saturated rings. The van der Waals surface area contributed by atoms with Crippen LogP contribution in [0.15, 0.2) is 54.3 Å². The van der Waals surface area contributed by atoms with Gasteiger partial charge in [-0.05, 0) is 55.8 Å². The Morgan fingerprint density at radius 2 is 1.92 bits per heavy atom. The van der Waals surface area contributed by atoms with Crippen LogP contribution >= 0.6 is 0 Å². The van der Waals surface area contributed by atoms with E-state index in [4.69, 9.17) is 9.47 Å². The molecule has 1 saturated heterocycles. The van der Waals surface area contributed by atoms with Crippen LogP contribution in [0.2, 0.25) is 0 Å². The maximum absolute atomic E-state index is 13.6. The minimum absolute atomic E-state index is 0.165. The van der Waals surface area contributed by atoms with E-state index in [2.05, 4.69) is 10.6 Å². The summed E-state index contributed by atoms with van der Waals surface area (Å²) in [5, 5.41) is 5.75. The molecule has 2 amide bonds. The third-order valence-corrected chi connectivity index (χ3v) is 6.65. The van der Waals surface area contributed by atoms with E-state index in [0.29, 0.717) is 41.2 Å². The summed E-state index contributed by atoms with van der Waals surface area (Å²) in [5.41, 5.74) is 2.83. The molecule has 5 rings (SSSR count). The lowest BCUT2D eigenvalue weighted by Crippen LogP contribution is -2.56. The van der Waals surface area contributed by atoms with Crippen LogP contribution in [0.5, 0.6) is 0 Å². The number of allylic oxidation sites excluding steroid dienone is 1. The fraction of sp³-hybridized carbons (Fsp3) is 0.296. The number of hydrogen-bond donors (Lipinski definition) is 2. The molecule has 3 aliphatic heterocycles. The van der Waals surface area contributed by atoms with Crippen molar-refractivity contribution in [3.05, 3.63) is 76.8 Å². The molecule has 0 spiro atoms. The molecule has 36 heavy (non-hydrogen) atoms. The van der Waals surface area contributed by atoms with Crippen molar-refractivity contribution < 1.29 is 28.2 Å². The standard InChI is InChI=1S/C27H26FN3O5/c1-27(2)19(13-22(36-27)23-18-9-8-17(28)12-20(18)30-24(23)32)15-4-6-16(7-5-15)25(33)31-11-10-29-21(14-31)26(34)35-3/h4-9,12-13,21,29H,10-11,14H2,1-3H3,(H,30,32)/b23-22+. The second-order valence-electron chi connectivity index (χ2n) is 9.41. The van der Waals surface area contributed by atoms with E-state index in [0.717, 1.165) is 11.1 Å². The highest BCUT2D eigenvalue weighted by molar-refractivity contribution is 6.32. The van der Waals surface area contributed by atoms with Crippen molar-refractivity contribution in [1.82, 2.24) is 10.2 Å². The molecule has 186 valence electrons. The van der Waals surface area contributed by atoms with Crippen molar-refractivity contribution in [2.45, 2.75) is 25.5 Å². The normalized spacial score (nSPS) is 22.4. The number of esters is 1. The van der Waals surface area contributed by atoms with E-state index >= 15 is 0 Å². The number of nitrogens with zero attached hydrogens (tertiary/aromatic N) is 1. The lowest BCUT2D eigenvalue weighted by atomic mass is 9.91. The minimum atomic E-state index is -0.733. The van der Waals surface area contributed by atoms with Crippen molar-refractivity contribution in [2.24, 2.45) is 0 Å². The van der Waals surface area contributed by atoms with Gasteiger partial charge in [-0.15, -0.1) is 0 Å². The Balaban J connectivity index is 1.41. The molecule has 1 atom stereocenters. The first-order valence-corrected chi connectivity index (χ1v) is 11.7. The lowest BCUT2D eigenvalue weighted by molar-refractivity contribution is -0.144. The molecule has 2 aromatic carbocycles. The second kappa shape index (κ2) is 8.91. The first kappa shape index (κ1) is 23.7. The van der Waals surface area contributed by atoms with Gasteiger partial charge in [0, 0.05) is 36.3 Å². The van der Waals surface area contributed by atoms with Crippen LogP contribution in [0, 0.1) is 5.82 Å². The van der Waals surface area contributed by atoms with Crippen LogP contribution in [0.3, 0.4) is 0 Å². The van der Waals surface area contributed by atoms with Crippen LogP contribution in [0.4, 0.5) is 10.1 Å². The maximum Gasteiger partial charge on any atom is 0.324 e. The summed E-state index contributed by atoms with van der Waals surface area (Å²) in [7, 11) is 1.32. The van der Waals surface area contributed by atoms with Crippen LogP contribution < -0.4 is 10.6 Å². The van der Waals surface area contributed by atoms with E-state index in [1.807, 2.05) is 32.1 Å². The van der Waals surface area contributed by atoms with Crippen molar-refractivity contribution in [3.8, 4) is 0 Å². The van der Waals surface area contributed by atoms with Gasteiger partial charge >= 0.3 is 5.97 Å². The number of benzene rings is 2. The summed E-state index contributed by atoms with van der Waals surface area (Å²) < 4.78 is 24.6. The fourth-order valence-electron chi connectivity index (χ4n) is 4.82. The van der Waals surface area contributed by atoms with E-state index in [9.17, 15) is 18.8 Å². The topological polar surface area (TPSA) is 97.0 Å². The van der Waals surface area contributed by atoms with Gasteiger partial charge in [-0.1, -0.05) is 12.1 Å². The predicted molar refractivity (Wildman–Crippen MR) is 131 cm³/mol. The summed E-state index contributed by atoms with van der Waals surface area (Å²) >= 11 is 0. The van der Waals surface area contributed by atoms with Gasteiger partial charge in [0.05, 0.1) is 18.4 Å². The fourth-order valence-corrected chi connectivity index (χ4v) is 4.82. The number of ether oxygens (including phenoxy) is 2. The van der Waals surface area contributed by atoms with Crippen LogP contribution in [0.1, 0.15) is 35.3 Å². The molecule has 0 saturated carbocycles. The summed E-state index contributed by atoms with van der Waals surface area (Å²) in [6.07, 6.45) is 1.82. The largest absolute Gasteiger partial charge is 0.482 e. The number of piperazine rings is 1. The van der Waals surface area contributed by atoms with Crippen molar-refractivity contribution in [3.63, 3.8) is 0 Å². The van der Waals surface area contributed by atoms with Gasteiger partial charge in [-0.2, -0.15) is 0 Å². The minimum Gasteiger partial charge on any atom is -0.482 e. The molecule has 0 aromatic heterocycles. The van der Waals surface area contributed by atoms with E-state index in [1.165, 1.54) is 19.2 Å². The number of carbonyl (C=O) groups excluding carboxylic acids is 3. The number of halogens is 1. The zero-order valence-electron chi connectivity index (χ0n) is 20.2. The van der Waals surface area contributed by atoms with E-state index in [-0.39, 0.29) is 18.4 Å². The number of anilines is 1. The molecule has 2 N–H and O–H groups in total. The van der Waals surface area contributed by atoms with Gasteiger partial charge < -0.3 is 25.0 Å². The Morgan fingerprint density at radius 3 is 2.64 bits per heavy atom. The Hall–Kier alpha value is -3.98. The Kier molecular flexibility index (Phi) is 5.88. The third-order valence-electron chi connectivity index (χ3n) is 6.65. The zero-order chi connectivity index (χ0) is 25.6. The summed E-state index contributed by atoms with van der Waals surface area (Å²) in [6, 6.07) is 10.8. The molecule has 1 unspecified atom stereocenters. The lowest BCUT2D eigenvalue weighted by Gasteiger charge is -2.32. The maximum atomic E-state index is 13.6. The number of nitrogens with one attached hydrogen (secondary N) is 2. The van der Waals surface area contributed by atoms with Crippen molar-refractivity contribution in [1.29, 1.82) is 0 Å². The Labute approximate surface area is 207 Å². The van der Waals surface area contributed by atoms with Crippen LogP contribution in [-0.4, -0.2) is 61.1 Å². The van der Waals surface area contributed by atoms with Crippen molar-refractivity contribution in [2.75, 3.05) is 32.1 Å². The number of hydrogen-bond acceptors (Lipinski definition) is 6. The van der Waals surface area contributed by atoms with Gasteiger partial charge in [0.25, 0.3) is 11.8 Å².